The van der Waals surface area contributed by atoms with Gasteiger partial charge in [-0.3, -0.25) is 0 Å². The van der Waals surface area contributed by atoms with Crippen LogP contribution >= 0.6 is 0 Å². The average Bonchev–Trinajstić information content (AvgIpc) is 2.60. The molecule has 2 heteroatoms. The molecule has 3 rings (SSSR count). The molecule has 128 valence electrons. The molecule has 0 bridgehead atoms. The van der Waals surface area contributed by atoms with Gasteiger partial charge in [-0.25, -0.2) is 4.39 Å². The zero-order chi connectivity index (χ0) is 16.4. The van der Waals surface area contributed by atoms with Gasteiger partial charge in [-0.15, -0.1) is 0 Å². The molecule has 0 heterocycles. The normalized spacial score (nSPS) is 45.5. The van der Waals surface area contributed by atoms with Gasteiger partial charge in [0.05, 0.1) is 7.85 Å². The van der Waals surface area contributed by atoms with Gasteiger partial charge in [0, 0.05) is 0 Å². The van der Waals surface area contributed by atoms with Gasteiger partial charge in [0.1, 0.15) is 6.17 Å². The predicted octanol–water partition coefficient (Wildman–Crippen LogP) is 6.13. The first kappa shape index (κ1) is 17.6. The second-order valence-corrected chi connectivity index (χ2v) is 8.79. The van der Waals surface area contributed by atoms with E-state index in [-0.39, 0.29) is 11.8 Å². The fourth-order valence-corrected chi connectivity index (χ4v) is 5.66. The molecule has 0 amide bonds. The third kappa shape index (κ3) is 3.88. The number of halogens is 1. The molecule has 0 N–H and O–H groups in total. The molecule has 2 fully saturated rings. The Morgan fingerprint density at radius 2 is 1.74 bits per heavy atom. The van der Waals surface area contributed by atoms with E-state index in [0.29, 0.717) is 5.92 Å². The molecular weight excluding hydrogens is 282 g/mol. The summed E-state index contributed by atoms with van der Waals surface area (Å²) in [5.74, 6) is 3.60. The van der Waals surface area contributed by atoms with E-state index in [1.54, 1.807) is 5.57 Å². The van der Waals surface area contributed by atoms with Crippen LogP contribution in [0.1, 0.15) is 71.6 Å². The van der Waals surface area contributed by atoms with Crippen molar-refractivity contribution in [1.82, 2.24) is 0 Å². The Morgan fingerprint density at radius 1 is 1.00 bits per heavy atom. The lowest BCUT2D eigenvalue weighted by Crippen LogP contribution is -2.35. The van der Waals surface area contributed by atoms with Crippen LogP contribution in [0.4, 0.5) is 4.39 Å². The maximum atomic E-state index is 14.4. The number of allylic oxidation sites excluding steroid dienone is 2. The largest absolute Gasteiger partial charge is 0.247 e. The molecule has 0 aromatic rings. The summed E-state index contributed by atoms with van der Waals surface area (Å²) in [6, 6.07) is 0. The van der Waals surface area contributed by atoms with Crippen LogP contribution in [0, 0.1) is 35.5 Å². The van der Waals surface area contributed by atoms with E-state index in [1.807, 2.05) is 0 Å². The van der Waals surface area contributed by atoms with Gasteiger partial charge in [-0.2, -0.15) is 0 Å². The second kappa shape index (κ2) is 7.75. The highest BCUT2D eigenvalue weighted by Crippen LogP contribution is 2.45. The molecule has 0 spiro atoms. The Kier molecular flexibility index (Phi) is 5.91. The molecule has 3 aliphatic carbocycles. The second-order valence-electron chi connectivity index (χ2n) is 8.79. The summed E-state index contributed by atoms with van der Waals surface area (Å²) in [5.41, 5.74) is 1.60. The summed E-state index contributed by atoms with van der Waals surface area (Å²) in [6.07, 6.45) is 14.4. The molecule has 0 nitrogen and oxygen atoms in total. The number of rotatable bonds is 3. The van der Waals surface area contributed by atoms with Gasteiger partial charge in [-0.05, 0) is 80.5 Å². The average molecular weight is 316 g/mol. The fraction of sp³-hybridized carbons (Fsp3) is 0.905. The van der Waals surface area contributed by atoms with Crippen LogP contribution in [0.5, 0.6) is 0 Å². The summed E-state index contributed by atoms with van der Waals surface area (Å²) < 4.78 is 14.4. The van der Waals surface area contributed by atoms with Crippen LogP contribution in [0.25, 0.3) is 0 Å². The van der Waals surface area contributed by atoms with Gasteiger partial charge >= 0.3 is 0 Å². The van der Waals surface area contributed by atoms with Gasteiger partial charge in [-0.1, -0.05) is 44.7 Å². The summed E-state index contributed by atoms with van der Waals surface area (Å²) in [7, 11) is 5.82. The third-order valence-corrected chi connectivity index (χ3v) is 7.47. The standard InChI is InChI=1S/C21H34BF/c1-14-3-12-20(15(2)21(14)23)19-10-8-18(9-11-19)17-6-4-16(13-22)5-7-17/h10,14-18,20-21H,3-9,11-13H2,1-2H3. The Bertz CT molecular complexity index is 410. The molecule has 3 aliphatic rings. The van der Waals surface area contributed by atoms with E-state index in [0.717, 1.165) is 30.5 Å². The number of hydrogen-bond donors (Lipinski definition) is 0. The molecule has 5 atom stereocenters. The predicted molar refractivity (Wildman–Crippen MR) is 97.4 cm³/mol. The van der Waals surface area contributed by atoms with Crippen LogP contribution in [0.15, 0.2) is 11.6 Å². The van der Waals surface area contributed by atoms with E-state index in [4.69, 9.17) is 7.85 Å². The van der Waals surface area contributed by atoms with Crippen molar-refractivity contribution in [2.24, 2.45) is 35.5 Å². The first-order valence-electron chi connectivity index (χ1n) is 10.1. The first-order chi connectivity index (χ1) is 11.1. The number of hydrogen-bond acceptors (Lipinski definition) is 0. The van der Waals surface area contributed by atoms with Crippen molar-refractivity contribution in [2.45, 2.75) is 84.1 Å². The zero-order valence-electron chi connectivity index (χ0n) is 15.1. The molecule has 2 radical (unpaired) electrons. The molecular formula is C21H34BF. The molecule has 0 saturated heterocycles. The van der Waals surface area contributed by atoms with E-state index in [1.165, 1.54) is 51.4 Å². The minimum Gasteiger partial charge on any atom is -0.247 e. The minimum atomic E-state index is -0.598. The van der Waals surface area contributed by atoms with Gasteiger partial charge < -0.3 is 0 Å². The summed E-state index contributed by atoms with van der Waals surface area (Å²) in [6.45, 7) is 4.23. The minimum absolute atomic E-state index is 0.224. The topological polar surface area (TPSA) is 0 Å². The molecule has 0 aromatic heterocycles. The Morgan fingerprint density at radius 3 is 2.35 bits per heavy atom. The molecule has 23 heavy (non-hydrogen) atoms. The van der Waals surface area contributed by atoms with Gasteiger partial charge in [0.2, 0.25) is 0 Å². The Labute approximate surface area is 144 Å². The lowest BCUT2D eigenvalue weighted by Gasteiger charge is -2.40. The van der Waals surface area contributed by atoms with Gasteiger partial charge in [0.15, 0.2) is 0 Å². The molecule has 5 unspecified atom stereocenters. The molecule has 0 aromatic carbocycles. The highest BCUT2D eigenvalue weighted by Gasteiger charge is 2.37. The monoisotopic (exact) mass is 316 g/mol. The Balaban J connectivity index is 1.54. The summed E-state index contributed by atoms with van der Waals surface area (Å²) >= 11 is 0. The van der Waals surface area contributed by atoms with Crippen LogP contribution < -0.4 is 0 Å². The van der Waals surface area contributed by atoms with Crippen LogP contribution in [-0.2, 0) is 0 Å². The first-order valence-corrected chi connectivity index (χ1v) is 10.1. The van der Waals surface area contributed by atoms with E-state index >= 15 is 0 Å². The molecule has 2 saturated carbocycles. The van der Waals surface area contributed by atoms with Gasteiger partial charge in [0.25, 0.3) is 0 Å². The van der Waals surface area contributed by atoms with Crippen molar-refractivity contribution in [2.75, 3.05) is 0 Å². The fourth-order valence-electron chi connectivity index (χ4n) is 5.66. The SMILES string of the molecule is [B]CC1CCC(C2CC=C(C3CCC(C)C(F)C3C)CC2)CC1. The van der Waals surface area contributed by atoms with Crippen LogP contribution in [-0.4, -0.2) is 14.0 Å². The maximum absolute atomic E-state index is 14.4. The highest BCUT2D eigenvalue weighted by atomic mass is 19.1. The van der Waals surface area contributed by atoms with Crippen LogP contribution in [0.2, 0.25) is 6.32 Å². The zero-order valence-corrected chi connectivity index (χ0v) is 15.1. The summed E-state index contributed by atoms with van der Waals surface area (Å²) in [4.78, 5) is 0. The van der Waals surface area contributed by atoms with Crippen molar-refractivity contribution < 1.29 is 4.39 Å². The van der Waals surface area contributed by atoms with Crippen molar-refractivity contribution in [3.63, 3.8) is 0 Å². The van der Waals surface area contributed by atoms with Crippen molar-refractivity contribution in [1.29, 1.82) is 0 Å². The van der Waals surface area contributed by atoms with Crippen molar-refractivity contribution in [3.8, 4) is 0 Å². The molecule has 0 aliphatic heterocycles. The van der Waals surface area contributed by atoms with E-state index in [9.17, 15) is 4.39 Å². The van der Waals surface area contributed by atoms with Crippen molar-refractivity contribution in [3.05, 3.63) is 11.6 Å². The highest BCUT2D eigenvalue weighted by molar-refractivity contribution is 6.08. The van der Waals surface area contributed by atoms with Crippen LogP contribution in [0.3, 0.4) is 0 Å². The third-order valence-electron chi connectivity index (χ3n) is 7.47. The number of alkyl halides is 1. The lowest BCUT2D eigenvalue weighted by atomic mass is 9.66. The van der Waals surface area contributed by atoms with E-state index < -0.39 is 6.17 Å². The summed E-state index contributed by atoms with van der Waals surface area (Å²) in [5, 5.41) is 0. The maximum Gasteiger partial charge on any atom is 0.106 e. The quantitative estimate of drug-likeness (QED) is 0.434. The van der Waals surface area contributed by atoms with E-state index in [2.05, 4.69) is 19.9 Å². The van der Waals surface area contributed by atoms with Crippen molar-refractivity contribution >= 4 is 7.85 Å². The smallest absolute Gasteiger partial charge is 0.106 e. The Hall–Kier alpha value is -0.265. The lowest BCUT2D eigenvalue weighted by molar-refractivity contribution is 0.0818.